The smallest absolute Gasteiger partial charge is 0.246 e. The van der Waals surface area contributed by atoms with Crippen molar-refractivity contribution in [1.82, 2.24) is 19.1 Å². The highest BCUT2D eigenvalue weighted by molar-refractivity contribution is 7.89. The summed E-state index contributed by atoms with van der Waals surface area (Å²) in [6, 6.07) is 14.5. The highest BCUT2D eigenvalue weighted by Gasteiger charge is 2.32. The van der Waals surface area contributed by atoms with Crippen LogP contribution < -0.4 is 0 Å². The Morgan fingerprint density at radius 1 is 1.00 bits per heavy atom. The second-order valence-corrected chi connectivity index (χ2v) is 9.59. The fourth-order valence-corrected chi connectivity index (χ4v) is 5.62. The van der Waals surface area contributed by atoms with Crippen LogP contribution in [0.5, 0.6) is 0 Å². The molecule has 4 rings (SSSR count). The number of hydrogen-bond acceptors (Lipinski definition) is 4. The van der Waals surface area contributed by atoms with Crippen LogP contribution in [-0.2, 0) is 17.1 Å². The van der Waals surface area contributed by atoms with Crippen molar-refractivity contribution < 1.29 is 8.42 Å². The third kappa shape index (κ3) is 3.84. The third-order valence-corrected chi connectivity index (χ3v) is 7.76. The molecule has 0 saturated carbocycles. The van der Waals surface area contributed by atoms with Crippen LogP contribution in [-0.4, -0.2) is 40.6 Å². The van der Waals surface area contributed by atoms with Gasteiger partial charge in [0, 0.05) is 37.4 Å². The Bertz CT molecular complexity index is 1110. The van der Waals surface area contributed by atoms with E-state index < -0.39 is 10.0 Å². The Labute approximate surface area is 172 Å². The first-order valence-corrected chi connectivity index (χ1v) is 11.3. The molecular weight excluding hydrogens is 384 g/mol. The van der Waals surface area contributed by atoms with Crippen LogP contribution in [0.2, 0.25) is 0 Å². The summed E-state index contributed by atoms with van der Waals surface area (Å²) in [5.41, 5.74) is 5.04. The minimum absolute atomic E-state index is 0.263. The number of rotatable bonds is 4. The van der Waals surface area contributed by atoms with Gasteiger partial charge in [0.05, 0.1) is 11.9 Å². The van der Waals surface area contributed by atoms with Gasteiger partial charge in [-0.3, -0.25) is 9.67 Å². The van der Waals surface area contributed by atoms with Gasteiger partial charge in [-0.1, -0.05) is 30.3 Å². The second-order valence-electron chi connectivity index (χ2n) is 7.68. The zero-order chi connectivity index (χ0) is 20.6. The molecule has 1 fully saturated rings. The number of nitrogens with zero attached hydrogens (tertiary/aromatic N) is 4. The normalized spacial score (nSPS) is 16.2. The van der Waals surface area contributed by atoms with Crippen LogP contribution in [0, 0.1) is 13.8 Å². The van der Waals surface area contributed by atoms with E-state index in [9.17, 15) is 8.42 Å². The number of aryl methyl sites for hydroxylation is 2. The number of sulfonamides is 1. The Morgan fingerprint density at radius 2 is 1.69 bits per heavy atom. The third-order valence-electron chi connectivity index (χ3n) is 5.76. The average Bonchev–Trinajstić information content (AvgIpc) is 3.07. The lowest BCUT2D eigenvalue weighted by atomic mass is 9.92. The second kappa shape index (κ2) is 7.72. The highest BCUT2D eigenvalue weighted by atomic mass is 32.2. The van der Waals surface area contributed by atoms with Gasteiger partial charge in [0.1, 0.15) is 4.90 Å². The summed E-state index contributed by atoms with van der Waals surface area (Å²) in [7, 11) is -1.75. The van der Waals surface area contributed by atoms with Gasteiger partial charge in [-0.15, -0.1) is 0 Å². The Morgan fingerprint density at radius 3 is 2.31 bits per heavy atom. The SMILES string of the molecule is Cc1cc(-c2ccccc2)cc(C2CCN(S(=O)(=O)c3cnn(C)c3C)CC2)n1. The fourth-order valence-electron chi connectivity index (χ4n) is 3.96. The van der Waals surface area contributed by atoms with Gasteiger partial charge in [-0.25, -0.2) is 8.42 Å². The molecule has 152 valence electrons. The van der Waals surface area contributed by atoms with Gasteiger partial charge >= 0.3 is 0 Å². The fraction of sp³-hybridized carbons (Fsp3) is 0.364. The Hall–Kier alpha value is -2.51. The topological polar surface area (TPSA) is 68.1 Å². The van der Waals surface area contributed by atoms with Crippen molar-refractivity contribution in [1.29, 1.82) is 0 Å². The molecule has 0 amide bonds. The Kier molecular flexibility index (Phi) is 5.27. The lowest BCUT2D eigenvalue weighted by Gasteiger charge is -2.31. The van der Waals surface area contributed by atoms with E-state index in [1.807, 2.05) is 25.1 Å². The van der Waals surface area contributed by atoms with E-state index in [0.717, 1.165) is 29.8 Å². The van der Waals surface area contributed by atoms with E-state index in [4.69, 9.17) is 4.98 Å². The molecule has 0 radical (unpaired) electrons. The van der Waals surface area contributed by atoms with Crippen LogP contribution in [0.25, 0.3) is 11.1 Å². The van der Waals surface area contributed by atoms with Crippen molar-refractivity contribution >= 4 is 10.0 Å². The van der Waals surface area contributed by atoms with E-state index >= 15 is 0 Å². The molecule has 0 unspecified atom stereocenters. The zero-order valence-corrected chi connectivity index (χ0v) is 17.9. The summed E-state index contributed by atoms with van der Waals surface area (Å²) in [5.74, 6) is 0.263. The standard InChI is InChI=1S/C22H26N4O2S/c1-16-13-20(18-7-5-4-6-8-18)14-21(24-16)19-9-11-26(12-10-19)29(27,28)22-15-23-25(3)17(22)2/h4-8,13-15,19H,9-12H2,1-3H3. The van der Waals surface area contributed by atoms with Gasteiger partial charge in [0.25, 0.3) is 0 Å². The first-order valence-electron chi connectivity index (χ1n) is 9.89. The molecule has 0 atom stereocenters. The maximum atomic E-state index is 13.0. The summed E-state index contributed by atoms with van der Waals surface area (Å²) >= 11 is 0. The van der Waals surface area contributed by atoms with Crippen LogP contribution in [0.4, 0.5) is 0 Å². The molecule has 6 nitrogen and oxygen atoms in total. The van der Waals surface area contributed by atoms with Crippen LogP contribution in [0.1, 0.15) is 35.8 Å². The van der Waals surface area contributed by atoms with Gasteiger partial charge < -0.3 is 0 Å². The van der Waals surface area contributed by atoms with Crippen LogP contribution in [0.15, 0.2) is 53.6 Å². The summed E-state index contributed by atoms with van der Waals surface area (Å²) in [6.07, 6.45) is 2.98. The van der Waals surface area contributed by atoms with Gasteiger partial charge in [-0.05, 0) is 49.9 Å². The monoisotopic (exact) mass is 410 g/mol. The molecule has 3 aromatic rings. The molecule has 1 aliphatic heterocycles. The molecule has 0 aliphatic carbocycles. The molecule has 29 heavy (non-hydrogen) atoms. The van der Waals surface area contributed by atoms with Crippen molar-refractivity contribution in [2.45, 2.75) is 37.5 Å². The van der Waals surface area contributed by atoms with Gasteiger partial charge in [-0.2, -0.15) is 9.40 Å². The van der Waals surface area contributed by atoms with E-state index in [1.165, 1.54) is 11.8 Å². The summed E-state index contributed by atoms with van der Waals surface area (Å²) in [4.78, 5) is 5.07. The zero-order valence-electron chi connectivity index (χ0n) is 17.0. The molecular formula is C22H26N4O2S. The van der Waals surface area contributed by atoms with E-state index in [0.29, 0.717) is 23.7 Å². The van der Waals surface area contributed by atoms with Crippen LogP contribution >= 0.6 is 0 Å². The predicted molar refractivity (Wildman–Crippen MR) is 113 cm³/mol. The van der Waals surface area contributed by atoms with Crippen molar-refractivity contribution in [3.05, 3.63) is 65.7 Å². The highest BCUT2D eigenvalue weighted by Crippen LogP contribution is 2.32. The average molecular weight is 411 g/mol. The molecule has 7 heteroatoms. The molecule has 1 aromatic carbocycles. The first kappa shape index (κ1) is 19.8. The van der Waals surface area contributed by atoms with Crippen LogP contribution in [0.3, 0.4) is 0 Å². The quantitative estimate of drug-likeness (QED) is 0.658. The van der Waals surface area contributed by atoms with Crippen molar-refractivity contribution in [2.75, 3.05) is 13.1 Å². The van der Waals surface area contributed by atoms with Gasteiger partial charge in [0.15, 0.2) is 0 Å². The number of hydrogen-bond donors (Lipinski definition) is 0. The van der Waals surface area contributed by atoms with Crippen molar-refractivity contribution in [3.8, 4) is 11.1 Å². The summed E-state index contributed by atoms with van der Waals surface area (Å²) in [5, 5.41) is 4.09. The minimum Gasteiger partial charge on any atom is -0.272 e. The lowest BCUT2D eigenvalue weighted by molar-refractivity contribution is 0.316. The predicted octanol–water partition coefficient (Wildman–Crippen LogP) is 3.67. The molecule has 1 aliphatic rings. The van der Waals surface area contributed by atoms with E-state index in [2.05, 4.69) is 29.4 Å². The maximum Gasteiger partial charge on any atom is 0.246 e. The van der Waals surface area contributed by atoms with Crippen molar-refractivity contribution in [3.63, 3.8) is 0 Å². The lowest BCUT2D eigenvalue weighted by Crippen LogP contribution is -2.38. The molecule has 0 bridgehead atoms. The van der Waals surface area contributed by atoms with Crippen molar-refractivity contribution in [2.24, 2.45) is 7.05 Å². The molecule has 0 spiro atoms. The molecule has 2 aromatic heterocycles. The maximum absolute atomic E-state index is 13.0. The summed E-state index contributed by atoms with van der Waals surface area (Å²) < 4.78 is 29.2. The molecule has 1 saturated heterocycles. The number of piperidine rings is 1. The minimum atomic E-state index is -3.51. The number of aromatic nitrogens is 3. The summed E-state index contributed by atoms with van der Waals surface area (Å²) in [6.45, 7) is 4.80. The Balaban J connectivity index is 1.53. The van der Waals surface area contributed by atoms with E-state index in [1.54, 1.807) is 23.0 Å². The van der Waals surface area contributed by atoms with Gasteiger partial charge in [0.2, 0.25) is 10.0 Å². The first-order chi connectivity index (χ1) is 13.9. The number of benzene rings is 1. The van der Waals surface area contributed by atoms with E-state index in [-0.39, 0.29) is 5.92 Å². The largest absolute Gasteiger partial charge is 0.272 e. The molecule has 3 heterocycles. The molecule has 0 N–H and O–H groups in total. The number of pyridine rings is 1.